The number of nitrogens with one attached hydrogen (secondary N) is 1. The zero-order chi connectivity index (χ0) is 13.4. The number of ether oxygens (including phenoxy) is 1. The molecule has 1 unspecified atom stereocenters. The number of hydrogen-bond acceptors (Lipinski definition) is 3. The molecule has 0 saturated carbocycles. The van der Waals surface area contributed by atoms with Crippen molar-refractivity contribution in [1.82, 2.24) is 0 Å². The molecule has 1 amide bonds. The molecule has 2 aromatic carbocycles. The van der Waals surface area contributed by atoms with E-state index in [2.05, 4.69) is 5.32 Å². The van der Waals surface area contributed by atoms with Crippen LogP contribution in [-0.2, 0) is 4.79 Å². The average molecular weight is 254 g/mol. The summed E-state index contributed by atoms with van der Waals surface area (Å²) in [6, 6.07) is 13.1. The molecule has 0 saturated heterocycles. The minimum absolute atomic E-state index is 0.177. The third kappa shape index (κ3) is 2.01. The Morgan fingerprint density at radius 2 is 1.95 bits per heavy atom. The molecule has 19 heavy (non-hydrogen) atoms. The van der Waals surface area contributed by atoms with Gasteiger partial charge in [0, 0.05) is 5.56 Å². The second-order valence-electron chi connectivity index (χ2n) is 4.63. The molecule has 4 heteroatoms. The maximum absolute atomic E-state index is 12.1. The van der Waals surface area contributed by atoms with Crippen LogP contribution in [0, 0.1) is 6.92 Å². The quantitative estimate of drug-likeness (QED) is 0.769. The maximum atomic E-state index is 12.1. The molecule has 1 heterocycles. The summed E-state index contributed by atoms with van der Waals surface area (Å²) in [5.74, 6) is 0.364. The number of hydrogen-bond donors (Lipinski definition) is 2. The molecule has 1 aliphatic heterocycles. The molecule has 3 rings (SSSR count). The van der Waals surface area contributed by atoms with E-state index in [9.17, 15) is 4.79 Å². The predicted octanol–water partition coefficient (Wildman–Crippen LogP) is 2.65. The first kappa shape index (κ1) is 11.6. The van der Waals surface area contributed by atoms with Crippen LogP contribution in [0.25, 0.3) is 0 Å². The van der Waals surface area contributed by atoms with Crippen LogP contribution in [0.1, 0.15) is 17.2 Å². The first-order valence-corrected chi connectivity index (χ1v) is 6.08. The van der Waals surface area contributed by atoms with Crippen molar-refractivity contribution in [1.29, 1.82) is 0 Å². The van der Waals surface area contributed by atoms with E-state index < -0.39 is 6.10 Å². The first-order chi connectivity index (χ1) is 9.15. The van der Waals surface area contributed by atoms with Crippen molar-refractivity contribution in [3.63, 3.8) is 0 Å². The minimum atomic E-state index is -0.654. The van der Waals surface area contributed by atoms with Gasteiger partial charge in [-0.15, -0.1) is 0 Å². The lowest BCUT2D eigenvalue weighted by molar-refractivity contribution is -0.123. The summed E-state index contributed by atoms with van der Waals surface area (Å²) < 4.78 is 5.78. The molecule has 0 aromatic heterocycles. The second-order valence-corrected chi connectivity index (χ2v) is 4.63. The van der Waals surface area contributed by atoms with Crippen molar-refractivity contribution in [2.45, 2.75) is 13.0 Å². The summed E-state index contributed by atoms with van der Waals surface area (Å²) in [7, 11) is 0. The Labute approximate surface area is 111 Å². The Morgan fingerprint density at radius 3 is 2.68 bits per heavy atom. The Morgan fingerprint density at radius 1 is 1.21 bits per heavy atom. The van der Waals surface area contributed by atoms with Crippen LogP contribution in [0.4, 0.5) is 11.4 Å². The molecule has 4 nitrogen and oxygen atoms in total. The van der Waals surface area contributed by atoms with Gasteiger partial charge in [-0.1, -0.05) is 30.3 Å². The van der Waals surface area contributed by atoms with Crippen molar-refractivity contribution in [2.75, 3.05) is 11.1 Å². The highest BCUT2D eigenvalue weighted by Gasteiger charge is 2.30. The van der Waals surface area contributed by atoms with Crippen molar-refractivity contribution in [3.05, 3.63) is 53.6 Å². The molecule has 3 N–H and O–H groups in total. The summed E-state index contributed by atoms with van der Waals surface area (Å²) in [4.78, 5) is 12.1. The molecular weight excluding hydrogens is 240 g/mol. The largest absolute Gasteiger partial charge is 0.471 e. The van der Waals surface area contributed by atoms with Crippen LogP contribution in [-0.4, -0.2) is 5.91 Å². The van der Waals surface area contributed by atoms with E-state index in [1.807, 2.05) is 49.4 Å². The number of amides is 1. The van der Waals surface area contributed by atoms with E-state index in [1.54, 1.807) is 0 Å². The standard InChI is InChI=1S/C15H14N2O2/c1-9-7-11(16)14-12(8-9)17-15(18)13(19-14)10-5-3-2-4-6-10/h2-8,13H,16H2,1H3,(H,17,18). The normalized spacial score (nSPS) is 17.3. The molecule has 0 fully saturated rings. The highest BCUT2D eigenvalue weighted by atomic mass is 16.5. The fraction of sp³-hybridized carbons (Fsp3) is 0.133. The van der Waals surface area contributed by atoms with Crippen LogP contribution >= 0.6 is 0 Å². The van der Waals surface area contributed by atoms with Crippen LogP contribution in [0.3, 0.4) is 0 Å². The third-order valence-corrected chi connectivity index (χ3v) is 3.10. The van der Waals surface area contributed by atoms with Gasteiger partial charge in [0.2, 0.25) is 6.10 Å². The Balaban J connectivity index is 2.03. The Kier molecular flexibility index (Phi) is 2.63. The number of aryl methyl sites for hydroxylation is 1. The van der Waals surface area contributed by atoms with Gasteiger partial charge in [-0.25, -0.2) is 0 Å². The lowest BCUT2D eigenvalue weighted by Gasteiger charge is -2.27. The zero-order valence-corrected chi connectivity index (χ0v) is 10.5. The summed E-state index contributed by atoms with van der Waals surface area (Å²) in [6.45, 7) is 1.92. The third-order valence-electron chi connectivity index (χ3n) is 3.10. The highest BCUT2D eigenvalue weighted by molar-refractivity contribution is 5.99. The number of nitrogen functional groups attached to an aromatic ring is 1. The summed E-state index contributed by atoms with van der Waals surface area (Å²) >= 11 is 0. The molecule has 0 spiro atoms. The van der Waals surface area contributed by atoms with Gasteiger partial charge in [-0.3, -0.25) is 4.79 Å². The van der Waals surface area contributed by atoms with Crippen LogP contribution in [0.15, 0.2) is 42.5 Å². The van der Waals surface area contributed by atoms with Crippen LogP contribution < -0.4 is 15.8 Å². The average Bonchev–Trinajstić information content (AvgIpc) is 2.38. The van der Waals surface area contributed by atoms with E-state index in [1.165, 1.54) is 0 Å². The Bertz CT molecular complexity index is 638. The van der Waals surface area contributed by atoms with Crippen LogP contribution in [0.5, 0.6) is 5.75 Å². The van der Waals surface area contributed by atoms with E-state index in [0.717, 1.165) is 11.1 Å². The lowest BCUT2D eigenvalue weighted by Crippen LogP contribution is -2.30. The SMILES string of the molecule is Cc1cc(N)c2c(c1)NC(=O)C(c1ccccc1)O2. The molecule has 1 aliphatic rings. The molecule has 0 radical (unpaired) electrons. The number of anilines is 2. The lowest BCUT2D eigenvalue weighted by atomic mass is 10.1. The number of benzene rings is 2. The smallest absolute Gasteiger partial charge is 0.270 e. The summed E-state index contributed by atoms with van der Waals surface area (Å²) in [5.41, 5.74) is 8.92. The minimum Gasteiger partial charge on any atom is -0.471 e. The van der Waals surface area contributed by atoms with Gasteiger partial charge < -0.3 is 15.8 Å². The first-order valence-electron chi connectivity index (χ1n) is 6.08. The highest BCUT2D eigenvalue weighted by Crippen LogP contribution is 2.40. The van der Waals surface area contributed by atoms with Gasteiger partial charge in [-0.05, 0) is 24.6 Å². The molecule has 96 valence electrons. The van der Waals surface area contributed by atoms with Gasteiger partial charge in [0.15, 0.2) is 5.75 Å². The van der Waals surface area contributed by atoms with E-state index in [0.29, 0.717) is 17.1 Å². The van der Waals surface area contributed by atoms with Gasteiger partial charge >= 0.3 is 0 Å². The number of fused-ring (bicyclic) bond motifs is 1. The fourth-order valence-electron chi connectivity index (χ4n) is 2.24. The summed E-state index contributed by atoms with van der Waals surface area (Å²) in [6.07, 6.45) is -0.654. The number of rotatable bonds is 1. The van der Waals surface area contributed by atoms with E-state index >= 15 is 0 Å². The molecule has 0 aliphatic carbocycles. The molecule has 1 atom stereocenters. The van der Waals surface area contributed by atoms with E-state index in [-0.39, 0.29) is 5.91 Å². The second kappa shape index (κ2) is 4.31. The van der Waals surface area contributed by atoms with Crippen molar-refractivity contribution in [3.8, 4) is 5.75 Å². The number of carbonyl (C=O) groups excluding carboxylic acids is 1. The van der Waals surface area contributed by atoms with Gasteiger partial charge in [0.05, 0.1) is 11.4 Å². The number of carbonyl (C=O) groups is 1. The maximum Gasteiger partial charge on any atom is 0.270 e. The summed E-state index contributed by atoms with van der Waals surface area (Å²) in [5, 5.41) is 2.85. The van der Waals surface area contributed by atoms with Gasteiger partial charge in [-0.2, -0.15) is 0 Å². The van der Waals surface area contributed by atoms with E-state index in [4.69, 9.17) is 10.5 Å². The van der Waals surface area contributed by atoms with Crippen molar-refractivity contribution in [2.24, 2.45) is 0 Å². The van der Waals surface area contributed by atoms with Gasteiger partial charge in [0.1, 0.15) is 0 Å². The molecular formula is C15H14N2O2. The monoisotopic (exact) mass is 254 g/mol. The van der Waals surface area contributed by atoms with Gasteiger partial charge in [0.25, 0.3) is 5.91 Å². The Hall–Kier alpha value is -2.49. The molecule has 0 bridgehead atoms. The van der Waals surface area contributed by atoms with Crippen molar-refractivity contribution >= 4 is 17.3 Å². The molecule has 2 aromatic rings. The topological polar surface area (TPSA) is 64.3 Å². The zero-order valence-electron chi connectivity index (χ0n) is 10.5. The van der Waals surface area contributed by atoms with Crippen LogP contribution in [0.2, 0.25) is 0 Å². The van der Waals surface area contributed by atoms with Crippen molar-refractivity contribution < 1.29 is 9.53 Å². The predicted molar refractivity (Wildman–Crippen MR) is 74.0 cm³/mol. The fourth-order valence-corrected chi connectivity index (χ4v) is 2.24. The number of nitrogens with two attached hydrogens (primary N) is 1.